The van der Waals surface area contributed by atoms with Crippen LogP contribution in [0.2, 0.25) is 0 Å². The Morgan fingerprint density at radius 1 is 1.10 bits per heavy atom. The molecule has 0 aliphatic heterocycles. The van der Waals surface area contributed by atoms with Crippen LogP contribution >= 0.6 is 23.2 Å². The number of rotatable bonds is 7. The van der Waals surface area contributed by atoms with Crippen molar-refractivity contribution in [2.24, 2.45) is 0 Å². The van der Waals surface area contributed by atoms with Crippen LogP contribution in [-0.2, 0) is 0 Å². The zero-order valence-corrected chi connectivity index (χ0v) is 13.6. The maximum absolute atomic E-state index is 5.70. The molecule has 2 nitrogen and oxygen atoms in total. The van der Waals surface area contributed by atoms with E-state index in [-0.39, 0.29) is 4.49 Å². The minimum absolute atomic E-state index is 0.190. The van der Waals surface area contributed by atoms with Gasteiger partial charge in [0, 0.05) is 0 Å². The molecule has 0 unspecified atom stereocenters. The third kappa shape index (κ3) is 7.64. The zero-order chi connectivity index (χ0) is 15.7. The van der Waals surface area contributed by atoms with Crippen LogP contribution in [0.1, 0.15) is 13.8 Å². The Morgan fingerprint density at radius 2 is 1.71 bits per heavy atom. The minimum atomic E-state index is 0.190. The molecule has 0 aliphatic carbocycles. The Morgan fingerprint density at radius 3 is 2.24 bits per heavy atom. The molecule has 0 fully saturated rings. The van der Waals surface area contributed by atoms with Gasteiger partial charge in [-0.1, -0.05) is 41.4 Å². The summed E-state index contributed by atoms with van der Waals surface area (Å²) in [6, 6.07) is 7.27. The molecule has 0 saturated carbocycles. The molecule has 0 amide bonds. The molecule has 0 radical (unpaired) electrons. The van der Waals surface area contributed by atoms with Crippen molar-refractivity contribution in [3.63, 3.8) is 0 Å². The van der Waals surface area contributed by atoms with Gasteiger partial charge in [-0.25, -0.2) is 0 Å². The molecular weight excluding hydrogens is 307 g/mol. The summed E-state index contributed by atoms with van der Waals surface area (Å²) in [7, 11) is 0. The van der Waals surface area contributed by atoms with E-state index in [1.165, 1.54) is 5.57 Å². The summed E-state index contributed by atoms with van der Waals surface area (Å²) < 4.78 is 11.3. The lowest BCUT2D eigenvalue weighted by Gasteiger charge is -2.07. The molecule has 0 bridgehead atoms. The van der Waals surface area contributed by atoms with Crippen molar-refractivity contribution < 1.29 is 9.47 Å². The van der Waals surface area contributed by atoms with Gasteiger partial charge in [0.05, 0.1) is 0 Å². The highest BCUT2D eigenvalue weighted by atomic mass is 35.5. The van der Waals surface area contributed by atoms with E-state index in [4.69, 9.17) is 32.7 Å². The second kappa shape index (κ2) is 9.32. The number of ether oxygens (including phenoxy) is 2. The Labute approximate surface area is 136 Å². The van der Waals surface area contributed by atoms with Crippen molar-refractivity contribution in [3.8, 4) is 11.5 Å². The predicted molar refractivity (Wildman–Crippen MR) is 90.1 cm³/mol. The molecule has 1 aromatic rings. The van der Waals surface area contributed by atoms with E-state index >= 15 is 0 Å². The van der Waals surface area contributed by atoms with Crippen molar-refractivity contribution >= 4 is 23.2 Å². The molecule has 0 aromatic heterocycles. The highest BCUT2D eigenvalue weighted by Gasteiger charge is 1.98. The van der Waals surface area contributed by atoms with E-state index in [0.29, 0.717) is 23.9 Å². The smallest absolute Gasteiger partial charge is 0.127 e. The fourth-order valence-corrected chi connectivity index (χ4v) is 1.46. The first-order chi connectivity index (χ1) is 10.0. The lowest BCUT2D eigenvalue weighted by Crippen LogP contribution is -1.94. The summed E-state index contributed by atoms with van der Waals surface area (Å²) in [6.07, 6.45) is 7.08. The van der Waals surface area contributed by atoms with Crippen LogP contribution in [0.3, 0.4) is 0 Å². The van der Waals surface area contributed by atoms with Gasteiger partial charge in [0.1, 0.15) is 28.4 Å². The number of hydrogen-bond donors (Lipinski definition) is 0. The van der Waals surface area contributed by atoms with Crippen LogP contribution in [0.5, 0.6) is 11.5 Å². The van der Waals surface area contributed by atoms with Crippen molar-refractivity contribution in [3.05, 3.63) is 71.0 Å². The third-order valence-electron chi connectivity index (χ3n) is 2.33. The summed E-state index contributed by atoms with van der Waals surface area (Å²) in [5.74, 6) is 2.10. The number of hydrogen-bond acceptors (Lipinski definition) is 2. The first kappa shape index (κ1) is 17.4. The van der Waals surface area contributed by atoms with Crippen LogP contribution in [0.25, 0.3) is 0 Å². The zero-order valence-electron chi connectivity index (χ0n) is 12.1. The van der Waals surface area contributed by atoms with E-state index in [2.05, 4.69) is 6.58 Å². The second-order valence-electron chi connectivity index (χ2n) is 4.40. The van der Waals surface area contributed by atoms with Crippen molar-refractivity contribution in [1.82, 2.24) is 0 Å². The van der Waals surface area contributed by atoms with Gasteiger partial charge in [-0.2, -0.15) is 0 Å². The molecule has 0 aliphatic rings. The van der Waals surface area contributed by atoms with Crippen LogP contribution in [0.15, 0.2) is 71.0 Å². The molecule has 21 heavy (non-hydrogen) atoms. The standard InChI is InChI=1S/C17H18Cl2O2/c1-4-14(6-5-13(2)3)21-16-9-7-15(8-10-16)20-12-11-17(18)19/h4-11H,1,12H2,2-3H3/b14-6+. The van der Waals surface area contributed by atoms with Gasteiger partial charge in [-0.05, 0) is 56.3 Å². The topological polar surface area (TPSA) is 18.5 Å². The molecule has 4 heteroatoms. The van der Waals surface area contributed by atoms with Crippen molar-refractivity contribution in [2.45, 2.75) is 13.8 Å². The van der Waals surface area contributed by atoms with Crippen LogP contribution in [0.4, 0.5) is 0 Å². The van der Waals surface area contributed by atoms with Gasteiger partial charge >= 0.3 is 0 Å². The van der Waals surface area contributed by atoms with E-state index in [9.17, 15) is 0 Å². The van der Waals surface area contributed by atoms with Gasteiger partial charge in [0.15, 0.2) is 0 Å². The van der Waals surface area contributed by atoms with Gasteiger partial charge in [-0.15, -0.1) is 0 Å². The summed E-state index contributed by atoms with van der Waals surface area (Å²) in [5.41, 5.74) is 1.19. The largest absolute Gasteiger partial charge is 0.489 e. The maximum Gasteiger partial charge on any atom is 0.127 e. The van der Waals surface area contributed by atoms with E-state index in [1.54, 1.807) is 12.2 Å². The van der Waals surface area contributed by atoms with Crippen molar-refractivity contribution in [1.29, 1.82) is 0 Å². The maximum atomic E-state index is 5.70. The lowest BCUT2D eigenvalue weighted by molar-refractivity contribution is 0.361. The molecule has 1 rings (SSSR count). The SMILES string of the molecule is C=C/C(=C\C=C(C)C)Oc1ccc(OCC=C(Cl)Cl)cc1. The van der Waals surface area contributed by atoms with E-state index < -0.39 is 0 Å². The van der Waals surface area contributed by atoms with Crippen LogP contribution in [0, 0.1) is 0 Å². The normalized spacial score (nSPS) is 10.6. The molecule has 0 heterocycles. The van der Waals surface area contributed by atoms with Crippen LogP contribution in [-0.4, -0.2) is 6.61 Å². The molecular formula is C17H18Cl2O2. The quantitative estimate of drug-likeness (QED) is 0.466. The average molecular weight is 325 g/mol. The molecule has 0 spiro atoms. The summed E-state index contributed by atoms with van der Waals surface area (Å²) in [4.78, 5) is 0. The van der Waals surface area contributed by atoms with Gasteiger partial charge in [0.2, 0.25) is 0 Å². The first-order valence-electron chi connectivity index (χ1n) is 6.40. The Balaban J connectivity index is 2.65. The fraction of sp³-hybridized carbons (Fsp3) is 0.176. The number of halogens is 2. The summed E-state index contributed by atoms with van der Waals surface area (Å²) in [5, 5.41) is 0. The van der Waals surface area contributed by atoms with E-state index in [0.717, 1.165) is 0 Å². The number of allylic oxidation sites excluding steroid dienone is 4. The molecule has 112 valence electrons. The highest BCUT2D eigenvalue weighted by molar-refractivity contribution is 6.55. The highest BCUT2D eigenvalue weighted by Crippen LogP contribution is 2.20. The Kier molecular flexibility index (Phi) is 7.73. The van der Waals surface area contributed by atoms with Crippen LogP contribution < -0.4 is 9.47 Å². The first-order valence-corrected chi connectivity index (χ1v) is 7.16. The lowest BCUT2D eigenvalue weighted by atomic mass is 10.3. The van der Waals surface area contributed by atoms with Crippen molar-refractivity contribution in [2.75, 3.05) is 6.61 Å². The molecule has 1 aromatic carbocycles. The molecule has 0 atom stereocenters. The minimum Gasteiger partial charge on any atom is -0.489 e. The molecule has 0 saturated heterocycles. The fourth-order valence-electron chi connectivity index (χ4n) is 1.33. The van der Waals surface area contributed by atoms with Gasteiger partial charge in [0.25, 0.3) is 0 Å². The molecule has 0 N–H and O–H groups in total. The average Bonchev–Trinajstić information content (AvgIpc) is 2.44. The van der Waals surface area contributed by atoms with Gasteiger partial charge in [-0.3, -0.25) is 0 Å². The Bertz CT molecular complexity index is 547. The summed E-state index contributed by atoms with van der Waals surface area (Å²) in [6.45, 7) is 8.09. The third-order valence-corrected chi connectivity index (χ3v) is 2.64. The monoisotopic (exact) mass is 324 g/mol. The second-order valence-corrected chi connectivity index (χ2v) is 5.40. The summed E-state index contributed by atoms with van der Waals surface area (Å²) >= 11 is 11.0. The predicted octanol–water partition coefficient (Wildman–Crippen LogP) is 5.80. The Hall–Kier alpha value is -1.64. The van der Waals surface area contributed by atoms with E-state index in [1.807, 2.05) is 50.3 Å². The number of benzene rings is 1. The van der Waals surface area contributed by atoms with Gasteiger partial charge < -0.3 is 9.47 Å².